The predicted molar refractivity (Wildman–Crippen MR) is 77.8 cm³/mol. The molecule has 6 heteroatoms. The van der Waals surface area contributed by atoms with Crippen LogP contribution in [0.5, 0.6) is 5.75 Å². The lowest BCUT2D eigenvalue weighted by Gasteiger charge is -2.08. The van der Waals surface area contributed by atoms with E-state index in [2.05, 4.69) is 5.32 Å². The van der Waals surface area contributed by atoms with Gasteiger partial charge in [0.15, 0.2) is 5.96 Å². The molecule has 6 N–H and O–H groups in total. The summed E-state index contributed by atoms with van der Waals surface area (Å²) in [4.78, 5) is 11.9. The molecule has 2 rings (SSSR count). The number of hydrogen-bond acceptors (Lipinski definition) is 4. The van der Waals surface area contributed by atoms with Crippen molar-refractivity contribution in [3.63, 3.8) is 0 Å². The number of esters is 1. The highest BCUT2D eigenvalue weighted by Gasteiger charge is 2.11. The number of ether oxygens (including phenoxy) is 1. The van der Waals surface area contributed by atoms with Crippen LogP contribution >= 0.6 is 0 Å². The third kappa shape index (κ3) is 3.26. The number of rotatable bonds is 3. The molecule has 2 aromatic rings. The molecule has 0 aromatic heterocycles. The van der Waals surface area contributed by atoms with Crippen molar-refractivity contribution in [1.82, 2.24) is 0 Å². The summed E-state index contributed by atoms with van der Waals surface area (Å²) in [6.07, 6.45) is 0. The van der Waals surface area contributed by atoms with Crippen molar-refractivity contribution in [2.75, 3.05) is 11.1 Å². The fourth-order valence-electron chi connectivity index (χ4n) is 1.61. The lowest BCUT2D eigenvalue weighted by molar-refractivity contribution is 0.0736. The first kappa shape index (κ1) is 13.4. The third-order valence-electron chi connectivity index (χ3n) is 2.52. The number of benzene rings is 2. The Kier molecular flexibility index (Phi) is 3.85. The van der Waals surface area contributed by atoms with Gasteiger partial charge in [-0.25, -0.2) is 4.79 Å². The maximum absolute atomic E-state index is 11.9. The standard InChI is InChI=1S/C14H14N4O2/c15-12-4-2-1-3-11(12)13(19)20-10-7-5-9(6-8-10)18-14(16)17/h1-8H,15H2,(H4,16,17,18). The van der Waals surface area contributed by atoms with E-state index in [9.17, 15) is 4.79 Å². The Hall–Kier alpha value is -3.02. The van der Waals surface area contributed by atoms with Crippen LogP contribution in [0.15, 0.2) is 48.5 Å². The summed E-state index contributed by atoms with van der Waals surface area (Å²) >= 11 is 0. The second-order valence-electron chi connectivity index (χ2n) is 4.04. The molecule has 0 aliphatic heterocycles. The van der Waals surface area contributed by atoms with Crippen LogP contribution in [0.1, 0.15) is 10.4 Å². The number of anilines is 2. The van der Waals surface area contributed by atoms with Gasteiger partial charge in [0.1, 0.15) is 5.75 Å². The van der Waals surface area contributed by atoms with E-state index in [1.54, 1.807) is 48.5 Å². The fourth-order valence-corrected chi connectivity index (χ4v) is 1.61. The molecule has 0 unspecified atom stereocenters. The van der Waals surface area contributed by atoms with Crippen LogP contribution in [-0.4, -0.2) is 11.9 Å². The van der Waals surface area contributed by atoms with Crippen LogP contribution in [0.3, 0.4) is 0 Å². The van der Waals surface area contributed by atoms with Gasteiger partial charge >= 0.3 is 5.97 Å². The highest BCUT2D eigenvalue weighted by molar-refractivity contribution is 5.96. The van der Waals surface area contributed by atoms with E-state index < -0.39 is 5.97 Å². The van der Waals surface area contributed by atoms with E-state index in [-0.39, 0.29) is 5.96 Å². The Morgan fingerprint density at radius 2 is 1.75 bits per heavy atom. The summed E-state index contributed by atoms with van der Waals surface area (Å²) in [5, 5.41) is 9.73. The summed E-state index contributed by atoms with van der Waals surface area (Å²) in [5.74, 6) is -0.297. The zero-order valence-corrected chi connectivity index (χ0v) is 10.6. The largest absolute Gasteiger partial charge is 0.423 e. The van der Waals surface area contributed by atoms with Crippen molar-refractivity contribution in [2.24, 2.45) is 5.73 Å². The van der Waals surface area contributed by atoms with E-state index in [4.69, 9.17) is 21.6 Å². The molecule has 20 heavy (non-hydrogen) atoms. The number of carbonyl (C=O) groups is 1. The molecule has 102 valence electrons. The number of carbonyl (C=O) groups excluding carboxylic acids is 1. The van der Waals surface area contributed by atoms with Gasteiger partial charge in [-0.3, -0.25) is 5.41 Å². The SMILES string of the molecule is N=C(N)Nc1ccc(OC(=O)c2ccccc2N)cc1. The first-order valence-electron chi connectivity index (χ1n) is 5.84. The van der Waals surface area contributed by atoms with Crippen LogP contribution in [-0.2, 0) is 0 Å². The lowest BCUT2D eigenvalue weighted by Crippen LogP contribution is -2.20. The molecule has 6 nitrogen and oxygen atoms in total. The minimum Gasteiger partial charge on any atom is -0.423 e. The topological polar surface area (TPSA) is 114 Å². The molecular formula is C14H14N4O2. The minimum atomic E-state index is -0.518. The molecule has 0 heterocycles. The van der Waals surface area contributed by atoms with Gasteiger partial charge in [0, 0.05) is 11.4 Å². The summed E-state index contributed by atoms with van der Waals surface area (Å²) < 4.78 is 5.21. The molecule has 0 radical (unpaired) electrons. The second-order valence-corrected chi connectivity index (χ2v) is 4.04. The molecule has 0 bridgehead atoms. The predicted octanol–water partition coefficient (Wildman–Crippen LogP) is 1.79. The molecule has 2 aromatic carbocycles. The first-order chi connectivity index (χ1) is 9.56. The van der Waals surface area contributed by atoms with Gasteiger partial charge in [-0.2, -0.15) is 0 Å². The van der Waals surface area contributed by atoms with Crippen LogP contribution in [0.25, 0.3) is 0 Å². The molecule has 0 atom stereocenters. The van der Waals surface area contributed by atoms with Gasteiger partial charge in [0.2, 0.25) is 0 Å². The molecule has 0 saturated heterocycles. The van der Waals surface area contributed by atoms with E-state index in [1.165, 1.54) is 0 Å². The minimum absolute atomic E-state index is 0.160. The molecule has 0 spiro atoms. The van der Waals surface area contributed by atoms with Gasteiger partial charge in [0.05, 0.1) is 5.56 Å². The van der Waals surface area contributed by atoms with Crippen LogP contribution in [0, 0.1) is 5.41 Å². The zero-order valence-electron chi connectivity index (χ0n) is 10.6. The van der Waals surface area contributed by atoms with Crippen molar-refractivity contribution >= 4 is 23.3 Å². The Morgan fingerprint density at radius 3 is 2.35 bits per heavy atom. The Bertz CT molecular complexity index is 638. The summed E-state index contributed by atoms with van der Waals surface area (Å²) in [6.45, 7) is 0. The highest BCUT2D eigenvalue weighted by atomic mass is 16.5. The van der Waals surface area contributed by atoms with Gasteiger partial charge in [-0.1, -0.05) is 12.1 Å². The Labute approximate surface area is 115 Å². The number of guanidine groups is 1. The molecule has 0 fully saturated rings. The van der Waals surface area contributed by atoms with E-state index in [0.717, 1.165) is 0 Å². The normalized spacial score (nSPS) is 9.80. The van der Waals surface area contributed by atoms with Crippen molar-refractivity contribution in [3.05, 3.63) is 54.1 Å². The Balaban J connectivity index is 2.09. The number of nitrogens with two attached hydrogens (primary N) is 2. The van der Waals surface area contributed by atoms with E-state index in [0.29, 0.717) is 22.7 Å². The average molecular weight is 270 g/mol. The first-order valence-corrected chi connectivity index (χ1v) is 5.84. The molecular weight excluding hydrogens is 256 g/mol. The summed E-state index contributed by atoms with van der Waals surface area (Å²) in [5.41, 5.74) is 12.2. The Morgan fingerprint density at radius 1 is 1.10 bits per heavy atom. The monoisotopic (exact) mass is 270 g/mol. The molecule has 0 amide bonds. The quantitative estimate of drug-likeness (QED) is 0.223. The molecule has 0 aliphatic carbocycles. The second kappa shape index (κ2) is 5.75. The fraction of sp³-hybridized carbons (Fsp3) is 0. The van der Waals surface area contributed by atoms with Crippen molar-refractivity contribution in [3.8, 4) is 5.75 Å². The molecule has 0 aliphatic rings. The van der Waals surface area contributed by atoms with Crippen LogP contribution in [0.4, 0.5) is 11.4 Å². The van der Waals surface area contributed by atoms with E-state index >= 15 is 0 Å². The maximum atomic E-state index is 11.9. The van der Waals surface area contributed by atoms with Crippen molar-refractivity contribution < 1.29 is 9.53 Å². The van der Waals surface area contributed by atoms with Crippen LogP contribution < -0.4 is 21.5 Å². The van der Waals surface area contributed by atoms with Gasteiger partial charge in [-0.15, -0.1) is 0 Å². The van der Waals surface area contributed by atoms with Gasteiger partial charge < -0.3 is 21.5 Å². The van der Waals surface area contributed by atoms with Crippen molar-refractivity contribution in [1.29, 1.82) is 5.41 Å². The smallest absolute Gasteiger partial charge is 0.345 e. The number of hydrogen-bond donors (Lipinski definition) is 4. The van der Waals surface area contributed by atoms with Gasteiger partial charge in [-0.05, 0) is 36.4 Å². The van der Waals surface area contributed by atoms with Gasteiger partial charge in [0.25, 0.3) is 0 Å². The van der Waals surface area contributed by atoms with Crippen LogP contribution in [0.2, 0.25) is 0 Å². The number of nitrogen functional groups attached to an aromatic ring is 1. The third-order valence-corrected chi connectivity index (χ3v) is 2.52. The number of para-hydroxylation sites is 1. The number of nitrogens with one attached hydrogen (secondary N) is 2. The average Bonchev–Trinajstić information content (AvgIpc) is 2.41. The lowest BCUT2D eigenvalue weighted by atomic mass is 10.2. The van der Waals surface area contributed by atoms with E-state index in [1.807, 2.05) is 0 Å². The summed E-state index contributed by atoms with van der Waals surface area (Å²) in [6, 6.07) is 13.2. The highest BCUT2D eigenvalue weighted by Crippen LogP contribution is 2.18. The molecule has 0 saturated carbocycles. The zero-order chi connectivity index (χ0) is 14.5. The van der Waals surface area contributed by atoms with Crippen molar-refractivity contribution in [2.45, 2.75) is 0 Å². The summed E-state index contributed by atoms with van der Waals surface area (Å²) in [7, 11) is 0. The maximum Gasteiger partial charge on any atom is 0.345 e.